The second-order valence-electron chi connectivity index (χ2n) is 7.07. The van der Waals surface area contributed by atoms with Gasteiger partial charge in [0.05, 0.1) is 21.1 Å². The highest BCUT2D eigenvalue weighted by molar-refractivity contribution is 8.18. The van der Waals surface area contributed by atoms with Crippen molar-refractivity contribution in [3.63, 3.8) is 0 Å². The number of carboxylic acids is 1. The highest BCUT2D eigenvalue weighted by atomic mass is 32.2. The molecule has 0 saturated carbocycles. The van der Waals surface area contributed by atoms with Crippen LogP contribution in [0.15, 0.2) is 87.6 Å². The van der Waals surface area contributed by atoms with Gasteiger partial charge in [-0.3, -0.25) is 19.8 Å². The number of amides is 1. The predicted molar refractivity (Wildman–Crippen MR) is 129 cm³/mol. The highest BCUT2D eigenvalue weighted by Crippen LogP contribution is 2.35. The molecule has 0 atom stereocenters. The number of hydrogen-bond acceptors (Lipinski definition) is 7. The van der Waals surface area contributed by atoms with Crippen LogP contribution in [0.3, 0.4) is 0 Å². The number of furan rings is 1. The van der Waals surface area contributed by atoms with E-state index in [9.17, 15) is 24.8 Å². The Morgan fingerprint density at radius 2 is 1.97 bits per heavy atom. The molecule has 0 aliphatic carbocycles. The van der Waals surface area contributed by atoms with Crippen molar-refractivity contribution in [3.05, 3.63) is 99.7 Å². The third-order valence-electron chi connectivity index (χ3n) is 4.78. The van der Waals surface area contributed by atoms with Gasteiger partial charge in [0.2, 0.25) is 0 Å². The lowest BCUT2D eigenvalue weighted by atomic mass is 10.1. The number of amidine groups is 1. The SMILES string of the molecule is C=CCN1C(=O)/C(=C\c2ccc(-c3ccc([N+](=O)[O-])cc3)o2)SC1=Nc1cccc(C(=O)O)c1. The zero-order valence-electron chi connectivity index (χ0n) is 17.6. The summed E-state index contributed by atoms with van der Waals surface area (Å²) in [5.41, 5.74) is 1.14. The number of carbonyl (C=O) groups is 2. The molecule has 1 fully saturated rings. The summed E-state index contributed by atoms with van der Waals surface area (Å²) < 4.78 is 5.82. The molecule has 4 rings (SSSR count). The van der Waals surface area contributed by atoms with Crippen LogP contribution in [0.1, 0.15) is 16.1 Å². The molecule has 1 aromatic heterocycles. The average molecular weight is 475 g/mol. The number of aromatic carboxylic acids is 1. The van der Waals surface area contributed by atoms with Crippen molar-refractivity contribution in [1.82, 2.24) is 4.90 Å². The fourth-order valence-corrected chi connectivity index (χ4v) is 4.15. The molecule has 1 amide bonds. The van der Waals surface area contributed by atoms with Crippen molar-refractivity contribution in [2.75, 3.05) is 6.54 Å². The largest absolute Gasteiger partial charge is 0.478 e. The number of nitro groups is 1. The van der Waals surface area contributed by atoms with E-state index >= 15 is 0 Å². The van der Waals surface area contributed by atoms with E-state index in [4.69, 9.17) is 4.42 Å². The van der Waals surface area contributed by atoms with Crippen LogP contribution in [0.2, 0.25) is 0 Å². The first-order valence-electron chi connectivity index (χ1n) is 9.95. The Bertz CT molecular complexity index is 1360. The number of thioether (sulfide) groups is 1. The van der Waals surface area contributed by atoms with Crippen LogP contribution in [0.4, 0.5) is 11.4 Å². The van der Waals surface area contributed by atoms with E-state index in [-0.39, 0.29) is 23.7 Å². The van der Waals surface area contributed by atoms with Crippen molar-refractivity contribution >= 4 is 46.3 Å². The molecule has 10 heteroatoms. The second-order valence-corrected chi connectivity index (χ2v) is 8.08. The van der Waals surface area contributed by atoms with Gasteiger partial charge in [-0.1, -0.05) is 12.1 Å². The Morgan fingerprint density at radius 3 is 2.65 bits per heavy atom. The van der Waals surface area contributed by atoms with Crippen molar-refractivity contribution in [3.8, 4) is 11.3 Å². The Labute approximate surface area is 197 Å². The third-order valence-corrected chi connectivity index (χ3v) is 5.79. The second kappa shape index (κ2) is 9.59. The number of non-ortho nitro benzene ring substituents is 1. The first-order valence-corrected chi connectivity index (χ1v) is 10.8. The van der Waals surface area contributed by atoms with Crippen LogP contribution in [-0.2, 0) is 4.79 Å². The quantitative estimate of drug-likeness (QED) is 0.211. The van der Waals surface area contributed by atoms with Crippen molar-refractivity contribution < 1.29 is 24.0 Å². The van der Waals surface area contributed by atoms with Gasteiger partial charge in [-0.15, -0.1) is 6.58 Å². The maximum atomic E-state index is 13.0. The Balaban J connectivity index is 1.61. The Morgan fingerprint density at radius 1 is 1.21 bits per heavy atom. The molecule has 2 heterocycles. The molecular weight excluding hydrogens is 458 g/mol. The molecule has 170 valence electrons. The smallest absolute Gasteiger partial charge is 0.335 e. The van der Waals surface area contributed by atoms with Crippen LogP contribution in [0.5, 0.6) is 0 Å². The fraction of sp³-hybridized carbons (Fsp3) is 0.0417. The minimum atomic E-state index is -1.07. The summed E-state index contributed by atoms with van der Waals surface area (Å²) in [6.07, 6.45) is 3.17. The standard InChI is InChI=1S/C24H17N3O6S/c1-2-12-26-22(28)21(34-24(26)25-17-5-3-4-16(13-17)23(29)30)14-19-10-11-20(33-19)15-6-8-18(9-7-15)27(31)32/h2-11,13-14H,1,12H2,(H,29,30)/b21-14+,25-24?. The molecule has 1 aliphatic rings. The number of aliphatic imine (C=N–C) groups is 1. The van der Waals surface area contributed by atoms with E-state index in [1.165, 1.54) is 29.2 Å². The van der Waals surface area contributed by atoms with E-state index in [2.05, 4.69) is 11.6 Å². The van der Waals surface area contributed by atoms with Crippen LogP contribution < -0.4 is 0 Å². The summed E-state index contributed by atoms with van der Waals surface area (Å²) in [7, 11) is 0. The van der Waals surface area contributed by atoms with E-state index in [1.54, 1.807) is 48.6 Å². The third kappa shape index (κ3) is 4.81. The van der Waals surface area contributed by atoms with E-state index in [0.29, 0.717) is 32.8 Å². The summed E-state index contributed by atoms with van der Waals surface area (Å²) in [5, 5.41) is 20.4. The molecule has 9 nitrogen and oxygen atoms in total. The number of carboxylic acid groups (broad SMARTS) is 1. The molecule has 1 aliphatic heterocycles. The minimum Gasteiger partial charge on any atom is -0.478 e. The highest BCUT2D eigenvalue weighted by Gasteiger charge is 2.33. The Hall–Kier alpha value is -4.44. The van der Waals surface area contributed by atoms with Gasteiger partial charge in [0.15, 0.2) is 5.17 Å². The van der Waals surface area contributed by atoms with Gasteiger partial charge >= 0.3 is 5.97 Å². The van der Waals surface area contributed by atoms with E-state index < -0.39 is 10.9 Å². The number of benzene rings is 2. The number of nitro benzene ring substituents is 1. The molecule has 0 radical (unpaired) electrons. The first kappa shape index (κ1) is 22.7. The topological polar surface area (TPSA) is 126 Å². The molecule has 2 aromatic carbocycles. The molecular formula is C24H17N3O6S. The minimum absolute atomic E-state index is 0.0198. The van der Waals surface area contributed by atoms with Gasteiger partial charge in [-0.25, -0.2) is 9.79 Å². The van der Waals surface area contributed by atoms with Crippen LogP contribution in [0.25, 0.3) is 17.4 Å². The van der Waals surface area contributed by atoms with Gasteiger partial charge in [-0.05, 0) is 54.2 Å². The molecule has 0 bridgehead atoms. The van der Waals surface area contributed by atoms with Crippen molar-refractivity contribution in [1.29, 1.82) is 0 Å². The maximum Gasteiger partial charge on any atom is 0.335 e. The predicted octanol–water partition coefficient (Wildman–Crippen LogP) is 5.34. The average Bonchev–Trinajstić information content (AvgIpc) is 3.40. The van der Waals surface area contributed by atoms with E-state index in [0.717, 1.165) is 11.8 Å². The van der Waals surface area contributed by atoms with Gasteiger partial charge < -0.3 is 9.52 Å². The molecule has 0 spiro atoms. The lowest BCUT2D eigenvalue weighted by Gasteiger charge is -2.12. The zero-order valence-corrected chi connectivity index (χ0v) is 18.4. The molecule has 1 saturated heterocycles. The molecule has 3 aromatic rings. The van der Waals surface area contributed by atoms with E-state index in [1.807, 2.05) is 0 Å². The molecule has 1 N–H and O–H groups in total. The number of nitrogens with zero attached hydrogens (tertiary/aromatic N) is 3. The summed E-state index contributed by atoms with van der Waals surface area (Å²) in [5.74, 6) is -0.426. The number of hydrogen-bond donors (Lipinski definition) is 1. The van der Waals surface area contributed by atoms with Gasteiger partial charge in [0.25, 0.3) is 11.6 Å². The van der Waals surface area contributed by atoms with Crippen LogP contribution >= 0.6 is 11.8 Å². The lowest BCUT2D eigenvalue weighted by molar-refractivity contribution is -0.384. The first-order chi connectivity index (χ1) is 16.4. The summed E-state index contributed by atoms with van der Waals surface area (Å²) in [6.45, 7) is 3.91. The lowest BCUT2D eigenvalue weighted by Crippen LogP contribution is -2.29. The summed E-state index contributed by atoms with van der Waals surface area (Å²) >= 11 is 1.14. The zero-order chi connectivity index (χ0) is 24.2. The number of carbonyl (C=O) groups excluding carboxylic acids is 1. The van der Waals surface area contributed by atoms with Crippen LogP contribution in [0, 0.1) is 10.1 Å². The van der Waals surface area contributed by atoms with Crippen LogP contribution in [-0.4, -0.2) is 38.5 Å². The summed E-state index contributed by atoms with van der Waals surface area (Å²) in [4.78, 5) is 40.8. The molecule has 34 heavy (non-hydrogen) atoms. The fourth-order valence-electron chi connectivity index (χ4n) is 3.16. The van der Waals surface area contributed by atoms with Gasteiger partial charge in [-0.2, -0.15) is 0 Å². The van der Waals surface area contributed by atoms with Gasteiger partial charge in [0, 0.05) is 30.3 Å². The van der Waals surface area contributed by atoms with Crippen molar-refractivity contribution in [2.24, 2.45) is 4.99 Å². The molecule has 0 unspecified atom stereocenters. The monoisotopic (exact) mass is 475 g/mol. The normalized spacial score (nSPS) is 15.8. The van der Waals surface area contributed by atoms with Crippen molar-refractivity contribution in [2.45, 2.75) is 0 Å². The summed E-state index contributed by atoms with van der Waals surface area (Å²) in [6, 6.07) is 15.5. The Kier molecular flexibility index (Phi) is 6.42. The number of rotatable bonds is 7. The van der Waals surface area contributed by atoms with Gasteiger partial charge in [0.1, 0.15) is 11.5 Å². The maximum absolute atomic E-state index is 13.0.